The molecule has 1 aromatic heterocycles. The van der Waals surface area contributed by atoms with Crippen LogP contribution in [0.2, 0.25) is 0 Å². The van der Waals surface area contributed by atoms with Gasteiger partial charge in [-0.25, -0.2) is 4.98 Å². The van der Waals surface area contributed by atoms with Gasteiger partial charge in [-0.1, -0.05) is 38.1 Å². The fourth-order valence-electron chi connectivity index (χ4n) is 1.99. The van der Waals surface area contributed by atoms with Crippen LogP contribution in [0.25, 0.3) is 11.3 Å². The minimum Gasteiger partial charge on any atom is -0.481 e. The molecule has 4 heteroatoms. The monoisotopic (exact) mass is 258 g/mol. The number of hydrogen-bond donors (Lipinski definition) is 1. The number of benzene rings is 1. The lowest BCUT2D eigenvalue weighted by Crippen LogP contribution is -2.04. The highest BCUT2D eigenvalue weighted by molar-refractivity contribution is 5.67. The third kappa shape index (κ3) is 3.22. The lowest BCUT2D eigenvalue weighted by Gasteiger charge is -2.09. The maximum atomic E-state index is 10.6. The minimum absolute atomic E-state index is 0.105. The summed E-state index contributed by atoms with van der Waals surface area (Å²) in [7, 11) is 0. The highest BCUT2D eigenvalue weighted by Gasteiger charge is 2.07. The largest absolute Gasteiger partial charge is 0.481 e. The van der Waals surface area contributed by atoms with Gasteiger partial charge in [0.25, 0.3) is 0 Å². The van der Waals surface area contributed by atoms with E-state index in [4.69, 9.17) is 5.11 Å². The summed E-state index contributed by atoms with van der Waals surface area (Å²) in [4.78, 5) is 14.7. The first-order valence-electron chi connectivity index (χ1n) is 6.40. The third-order valence-electron chi connectivity index (χ3n) is 3.15. The molecule has 0 spiro atoms. The average Bonchev–Trinajstić information content (AvgIpc) is 2.84. The maximum Gasteiger partial charge on any atom is 0.305 e. The van der Waals surface area contributed by atoms with Crippen molar-refractivity contribution in [3.8, 4) is 11.3 Å². The van der Waals surface area contributed by atoms with Gasteiger partial charge in [-0.2, -0.15) is 0 Å². The van der Waals surface area contributed by atoms with Crippen molar-refractivity contribution in [3.63, 3.8) is 0 Å². The van der Waals surface area contributed by atoms with E-state index in [2.05, 4.69) is 43.1 Å². The van der Waals surface area contributed by atoms with E-state index in [9.17, 15) is 4.79 Å². The van der Waals surface area contributed by atoms with Crippen LogP contribution in [0, 0.1) is 0 Å². The van der Waals surface area contributed by atoms with Gasteiger partial charge in [0.1, 0.15) is 0 Å². The van der Waals surface area contributed by atoms with Crippen molar-refractivity contribution < 1.29 is 9.90 Å². The Kier molecular flexibility index (Phi) is 4.00. The molecule has 1 heterocycles. The summed E-state index contributed by atoms with van der Waals surface area (Å²) < 4.78 is 1.87. The van der Waals surface area contributed by atoms with Crippen molar-refractivity contribution in [1.82, 2.24) is 9.55 Å². The number of aromatic nitrogens is 2. The van der Waals surface area contributed by atoms with Crippen molar-refractivity contribution in [2.24, 2.45) is 0 Å². The van der Waals surface area contributed by atoms with Crippen LogP contribution in [0.3, 0.4) is 0 Å². The van der Waals surface area contributed by atoms with Crippen molar-refractivity contribution in [2.45, 2.75) is 32.7 Å². The van der Waals surface area contributed by atoms with Crippen LogP contribution in [0.1, 0.15) is 31.7 Å². The minimum atomic E-state index is -0.796. The molecule has 0 unspecified atom stereocenters. The second kappa shape index (κ2) is 5.69. The molecule has 0 atom stereocenters. The molecule has 0 saturated heterocycles. The van der Waals surface area contributed by atoms with E-state index >= 15 is 0 Å². The van der Waals surface area contributed by atoms with Gasteiger partial charge in [-0.05, 0) is 17.0 Å². The molecule has 19 heavy (non-hydrogen) atoms. The van der Waals surface area contributed by atoms with Crippen LogP contribution in [-0.2, 0) is 11.3 Å². The Labute approximate surface area is 112 Å². The second-order valence-corrected chi connectivity index (χ2v) is 4.89. The third-order valence-corrected chi connectivity index (χ3v) is 3.15. The van der Waals surface area contributed by atoms with Crippen LogP contribution in [0.5, 0.6) is 0 Å². The van der Waals surface area contributed by atoms with Gasteiger partial charge >= 0.3 is 5.97 Å². The second-order valence-electron chi connectivity index (χ2n) is 4.89. The number of nitrogens with zero attached hydrogens (tertiary/aromatic N) is 2. The zero-order valence-corrected chi connectivity index (χ0v) is 11.2. The Morgan fingerprint density at radius 3 is 2.58 bits per heavy atom. The fourth-order valence-corrected chi connectivity index (χ4v) is 1.99. The molecule has 0 bridgehead atoms. The number of carbonyl (C=O) groups is 1. The number of rotatable bonds is 5. The highest BCUT2D eigenvalue weighted by atomic mass is 16.4. The molecule has 4 nitrogen and oxygen atoms in total. The number of carboxylic acids is 1. The average molecular weight is 258 g/mol. The molecule has 0 fully saturated rings. The predicted octanol–water partition coefficient (Wildman–Crippen LogP) is 3.15. The number of imidazole rings is 1. The molecule has 0 radical (unpaired) electrons. The smallest absolute Gasteiger partial charge is 0.305 e. The Hall–Kier alpha value is -2.10. The Balaban J connectivity index is 2.22. The number of aryl methyl sites for hydroxylation is 1. The molecule has 0 aliphatic carbocycles. The van der Waals surface area contributed by atoms with Gasteiger partial charge in [-0.3, -0.25) is 4.79 Å². The van der Waals surface area contributed by atoms with Gasteiger partial charge in [0.2, 0.25) is 0 Å². The quantitative estimate of drug-likeness (QED) is 0.896. The van der Waals surface area contributed by atoms with E-state index in [0.29, 0.717) is 12.5 Å². The van der Waals surface area contributed by atoms with Gasteiger partial charge in [-0.15, -0.1) is 0 Å². The SMILES string of the molecule is CC(C)c1ccc(-c2cncn2CCC(=O)O)cc1. The van der Waals surface area contributed by atoms with Crippen molar-refractivity contribution in [3.05, 3.63) is 42.4 Å². The zero-order valence-electron chi connectivity index (χ0n) is 11.2. The first kappa shape index (κ1) is 13.3. The molecular weight excluding hydrogens is 240 g/mol. The van der Waals surface area contributed by atoms with Gasteiger partial charge in [0.15, 0.2) is 0 Å². The topological polar surface area (TPSA) is 55.1 Å². The summed E-state index contributed by atoms with van der Waals surface area (Å²) in [6.07, 6.45) is 3.55. The zero-order chi connectivity index (χ0) is 13.8. The van der Waals surface area contributed by atoms with Gasteiger partial charge < -0.3 is 9.67 Å². The Morgan fingerprint density at radius 2 is 2.00 bits per heavy atom. The van der Waals surface area contributed by atoms with Crippen molar-refractivity contribution >= 4 is 5.97 Å². The molecular formula is C15H18N2O2. The molecule has 0 saturated carbocycles. The predicted molar refractivity (Wildman–Crippen MR) is 74.0 cm³/mol. The summed E-state index contributed by atoms with van der Waals surface area (Å²) in [5.41, 5.74) is 3.31. The van der Waals surface area contributed by atoms with E-state index in [1.807, 2.05) is 4.57 Å². The van der Waals surface area contributed by atoms with Crippen molar-refractivity contribution in [2.75, 3.05) is 0 Å². The van der Waals surface area contributed by atoms with E-state index < -0.39 is 5.97 Å². The number of aliphatic carboxylic acids is 1. The first-order chi connectivity index (χ1) is 9.08. The van der Waals surface area contributed by atoms with Crippen LogP contribution in [0.4, 0.5) is 0 Å². The molecule has 0 aliphatic rings. The highest BCUT2D eigenvalue weighted by Crippen LogP contribution is 2.22. The van der Waals surface area contributed by atoms with E-state index in [-0.39, 0.29) is 6.42 Å². The van der Waals surface area contributed by atoms with Crippen LogP contribution in [-0.4, -0.2) is 20.6 Å². The molecule has 0 aliphatic heterocycles. The fraction of sp³-hybridized carbons (Fsp3) is 0.333. The van der Waals surface area contributed by atoms with Crippen LogP contribution >= 0.6 is 0 Å². The number of carboxylic acid groups (broad SMARTS) is 1. The Morgan fingerprint density at radius 1 is 1.32 bits per heavy atom. The summed E-state index contributed by atoms with van der Waals surface area (Å²) in [5, 5.41) is 8.74. The van der Waals surface area contributed by atoms with Crippen molar-refractivity contribution in [1.29, 1.82) is 0 Å². The maximum absolute atomic E-state index is 10.6. The molecule has 2 rings (SSSR count). The van der Waals surface area contributed by atoms with E-state index in [1.165, 1.54) is 5.56 Å². The van der Waals surface area contributed by atoms with E-state index in [0.717, 1.165) is 11.3 Å². The standard InChI is InChI=1S/C15H18N2O2/c1-11(2)12-3-5-13(6-4-12)14-9-16-10-17(14)8-7-15(18)19/h3-6,9-11H,7-8H2,1-2H3,(H,18,19). The lowest BCUT2D eigenvalue weighted by molar-refractivity contribution is -0.137. The molecule has 2 aromatic rings. The molecule has 100 valence electrons. The van der Waals surface area contributed by atoms with E-state index in [1.54, 1.807) is 12.5 Å². The summed E-state index contributed by atoms with van der Waals surface area (Å²) in [6, 6.07) is 8.33. The summed E-state index contributed by atoms with van der Waals surface area (Å²) in [5.74, 6) is -0.291. The summed E-state index contributed by atoms with van der Waals surface area (Å²) >= 11 is 0. The normalized spacial score (nSPS) is 10.9. The van der Waals surface area contributed by atoms with Gasteiger partial charge in [0.05, 0.1) is 24.6 Å². The Bertz CT molecular complexity index is 556. The number of hydrogen-bond acceptors (Lipinski definition) is 2. The summed E-state index contributed by atoms with van der Waals surface area (Å²) in [6.45, 7) is 4.76. The molecule has 1 aromatic carbocycles. The van der Waals surface area contributed by atoms with Crippen LogP contribution in [0.15, 0.2) is 36.8 Å². The first-order valence-corrected chi connectivity index (χ1v) is 6.40. The van der Waals surface area contributed by atoms with Crippen LogP contribution < -0.4 is 0 Å². The molecule has 1 N–H and O–H groups in total. The molecule has 0 amide bonds. The van der Waals surface area contributed by atoms with Gasteiger partial charge in [0, 0.05) is 6.54 Å². The lowest BCUT2D eigenvalue weighted by atomic mass is 10.0.